The standard InChI is InChI=1S/C22H23F9N2O4.C18H23F3N2O2.C3H2F6O/c23-20(24,25)16-10-14(9-15(11-16)19(36-13-34)3-1-2-4-19)12-32-5-7-33(8-6-32)18(35)37-17(21(26,27)28)22(29,30)31;19-18(20,21)16-10-14(12-23-7-5-22-6-8-23)9-15(11-16)17(25-13-24)3-1-2-4-17;4-2(5,6)1(10)3(7,8)9/h9-11,13,17H,1-8,12H2;9-11,13,22H,1-8,12H2;1,10H. The number of aliphatic hydroxyl groups excluding tert-OH is 1. The first-order valence-electron chi connectivity index (χ1n) is 21.9. The van der Waals surface area contributed by atoms with Crippen molar-refractivity contribution in [2.45, 2.75) is 125 Å². The van der Waals surface area contributed by atoms with Crippen molar-refractivity contribution in [3.8, 4) is 0 Å². The second-order valence-electron chi connectivity index (χ2n) is 17.3. The summed E-state index contributed by atoms with van der Waals surface area (Å²) in [6.07, 6.45) is -37.5. The lowest BCUT2D eigenvalue weighted by Gasteiger charge is -2.35. The number of halogens is 18. The molecular formula is C43H48F18N4O7. The number of amides is 1. The number of nitrogens with zero attached hydrogens (tertiary/aromatic N) is 3. The fraction of sp³-hybridized carbons (Fsp3) is 0.651. The van der Waals surface area contributed by atoms with E-state index in [4.69, 9.17) is 14.6 Å². The van der Waals surface area contributed by atoms with E-state index < -0.39 is 77.7 Å². The van der Waals surface area contributed by atoms with Crippen LogP contribution in [0.3, 0.4) is 0 Å². The SMILES string of the molecule is O=COC1(c2cc(CN3CCN(C(=O)OC(C(F)(F)F)C(F)(F)F)CC3)cc(C(F)(F)F)c2)CCCC1.O=COC1(c2cc(CN3CCNCC3)cc(C(F)(F)F)c2)CCCC1.OC(C(F)(F)F)C(F)(F)F. The van der Waals surface area contributed by atoms with E-state index in [0.717, 1.165) is 57.2 Å². The van der Waals surface area contributed by atoms with E-state index in [1.165, 1.54) is 12.1 Å². The third-order valence-corrected chi connectivity index (χ3v) is 12.1. The van der Waals surface area contributed by atoms with Gasteiger partial charge in [0.1, 0.15) is 11.2 Å². The first kappa shape index (κ1) is 59.8. The van der Waals surface area contributed by atoms with Crippen LogP contribution in [0.1, 0.15) is 84.7 Å². The molecular weight excluding hydrogens is 1030 g/mol. The van der Waals surface area contributed by atoms with E-state index >= 15 is 0 Å². The summed E-state index contributed by atoms with van der Waals surface area (Å²) in [6.45, 7) is 3.58. The second-order valence-corrected chi connectivity index (χ2v) is 17.3. The fourth-order valence-electron chi connectivity index (χ4n) is 8.60. The van der Waals surface area contributed by atoms with Crippen molar-refractivity contribution in [1.29, 1.82) is 0 Å². The van der Waals surface area contributed by atoms with Gasteiger partial charge in [0.15, 0.2) is 0 Å². The van der Waals surface area contributed by atoms with Gasteiger partial charge in [0.2, 0.25) is 6.10 Å². The number of carbonyl (C=O) groups is 3. The van der Waals surface area contributed by atoms with Gasteiger partial charge in [-0.15, -0.1) is 0 Å². The molecule has 0 radical (unpaired) electrons. The molecule has 2 aromatic carbocycles. The van der Waals surface area contributed by atoms with E-state index in [1.807, 2.05) is 0 Å². The lowest BCUT2D eigenvalue weighted by atomic mass is 9.89. The Bertz CT molecular complexity index is 2060. The summed E-state index contributed by atoms with van der Waals surface area (Å²) in [5.74, 6) is 0. The predicted molar refractivity (Wildman–Crippen MR) is 213 cm³/mol. The number of nitrogens with one attached hydrogen (secondary N) is 1. The van der Waals surface area contributed by atoms with E-state index in [1.54, 1.807) is 11.0 Å². The van der Waals surface area contributed by atoms with Crippen LogP contribution in [0.5, 0.6) is 0 Å². The van der Waals surface area contributed by atoms with Gasteiger partial charge < -0.3 is 29.5 Å². The highest BCUT2D eigenvalue weighted by Crippen LogP contribution is 2.46. The quantitative estimate of drug-likeness (QED) is 0.128. The molecule has 4 fully saturated rings. The number of benzene rings is 2. The van der Waals surface area contributed by atoms with Crippen molar-refractivity contribution in [1.82, 2.24) is 20.0 Å². The molecule has 0 bridgehead atoms. The molecule has 0 spiro atoms. The van der Waals surface area contributed by atoms with E-state index in [9.17, 15) is 93.4 Å². The molecule has 2 saturated carbocycles. The number of hydrogen-bond donors (Lipinski definition) is 2. The maximum Gasteiger partial charge on any atom is 0.434 e. The van der Waals surface area contributed by atoms with Crippen LogP contribution >= 0.6 is 0 Å². The molecule has 6 rings (SSSR count). The Balaban J connectivity index is 0.000000275. The van der Waals surface area contributed by atoms with Gasteiger partial charge in [-0.2, -0.15) is 79.0 Å². The third-order valence-electron chi connectivity index (χ3n) is 12.1. The molecule has 2 heterocycles. The van der Waals surface area contributed by atoms with Crippen molar-refractivity contribution in [2.75, 3.05) is 52.4 Å². The Morgan fingerprint density at radius 2 is 0.917 bits per heavy atom. The molecule has 29 heteroatoms. The number of piperazine rings is 2. The first-order valence-corrected chi connectivity index (χ1v) is 21.9. The van der Waals surface area contributed by atoms with Crippen molar-refractivity contribution in [3.63, 3.8) is 0 Å². The molecule has 2 saturated heterocycles. The van der Waals surface area contributed by atoms with Crippen LogP contribution < -0.4 is 5.32 Å². The van der Waals surface area contributed by atoms with Crippen molar-refractivity contribution < 1.29 is 113 Å². The number of rotatable bonds is 11. The van der Waals surface area contributed by atoms with Crippen LogP contribution in [-0.4, -0.2) is 128 Å². The highest BCUT2D eigenvalue weighted by Gasteiger charge is 2.60. The highest BCUT2D eigenvalue weighted by molar-refractivity contribution is 5.68. The zero-order chi connectivity index (χ0) is 54.1. The Morgan fingerprint density at radius 3 is 1.22 bits per heavy atom. The first-order chi connectivity index (χ1) is 33.1. The largest absolute Gasteiger partial charge is 0.456 e. The Labute approximate surface area is 398 Å². The zero-order valence-corrected chi connectivity index (χ0v) is 37.5. The molecule has 1 amide bonds. The lowest BCUT2D eigenvalue weighted by Crippen LogP contribution is -2.52. The van der Waals surface area contributed by atoms with Crippen LogP contribution in [0.2, 0.25) is 0 Å². The highest BCUT2D eigenvalue weighted by atomic mass is 19.4. The molecule has 0 atom stereocenters. The van der Waals surface area contributed by atoms with Gasteiger partial charge in [-0.05, 0) is 97.9 Å². The van der Waals surface area contributed by atoms with Crippen LogP contribution in [-0.2, 0) is 60.4 Å². The molecule has 2 aliphatic heterocycles. The summed E-state index contributed by atoms with van der Waals surface area (Å²) in [5, 5.41) is 10.7. The van der Waals surface area contributed by atoms with Gasteiger partial charge in [0.05, 0.1) is 11.1 Å². The molecule has 0 aromatic heterocycles. The molecule has 72 heavy (non-hydrogen) atoms. The number of alkyl halides is 18. The van der Waals surface area contributed by atoms with Gasteiger partial charge >= 0.3 is 43.2 Å². The molecule has 2 N–H and O–H groups in total. The van der Waals surface area contributed by atoms with Crippen molar-refractivity contribution in [2.24, 2.45) is 0 Å². The minimum absolute atomic E-state index is 0.0423. The predicted octanol–water partition coefficient (Wildman–Crippen LogP) is 9.92. The van der Waals surface area contributed by atoms with Gasteiger partial charge in [0.25, 0.3) is 19.0 Å². The number of aliphatic hydroxyl groups is 1. The lowest BCUT2D eigenvalue weighted by molar-refractivity contribution is -0.309. The summed E-state index contributed by atoms with van der Waals surface area (Å²) < 4.78 is 237. The van der Waals surface area contributed by atoms with Gasteiger partial charge in [-0.25, -0.2) is 4.79 Å². The van der Waals surface area contributed by atoms with Crippen LogP contribution in [0.4, 0.5) is 83.8 Å². The van der Waals surface area contributed by atoms with Gasteiger partial charge in [-0.3, -0.25) is 19.4 Å². The van der Waals surface area contributed by atoms with E-state index in [-0.39, 0.29) is 50.3 Å². The molecule has 4 aliphatic rings. The minimum atomic E-state index is -5.85. The zero-order valence-electron chi connectivity index (χ0n) is 37.5. The number of hydrogen-bond acceptors (Lipinski definition) is 10. The van der Waals surface area contributed by atoms with Crippen LogP contribution in [0, 0.1) is 0 Å². The molecule has 0 unspecified atom stereocenters. The Hall–Kier alpha value is -4.77. The summed E-state index contributed by atoms with van der Waals surface area (Å²) in [7, 11) is 0. The van der Waals surface area contributed by atoms with Gasteiger partial charge in [-0.1, -0.05) is 12.1 Å². The molecule has 2 aromatic rings. The van der Waals surface area contributed by atoms with E-state index in [0.29, 0.717) is 67.6 Å². The minimum Gasteiger partial charge on any atom is -0.456 e. The maximum atomic E-state index is 13.6. The Kier molecular flexibility index (Phi) is 19.6. The van der Waals surface area contributed by atoms with Crippen molar-refractivity contribution >= 4 is 19.0 Å². The summed E-state index contributed by atoms with van der Waals surface area (Å²) >= 11 is 0. The summed E-state index contributed by atoms with van der Waals surface area (Å²) in [5.41, 5.74) is -2.23. The van der Waals surface area contributed by atoms with Gasteiger partial charge in [0, 0.05) is 65.4 Å². The summed E-state index contributed by atoms with van der Waals surface area (Å²) in [4.78, 5) is 38.4. The fourth-order valence-corrected chi connectivity index (χ4v) is 8.60. The summed E-state index contributed by atoms with van der Waals surface area (Å²) in [6, 6.07) is 7.49. The Morgan fingerprint density at radius 1 is 0.556 bits per heavy atom. The normalized spacial score (nSPS) is 19.3. The second kappa shape index (κ2) is 23.6. The molecule has 11 nitrogen and oxygen atoms in total. The average molecular weight is 1070 g/mol. The van der Waals surface area contributed by atoms with E-state index in [2.05, 4.69) is 15.0 Å². The van der Waals surface area contributed by atoms with Crippen LogP contribution in [0.25, 0.3) is 0 Å². The molecule has 408 valence electrons. The molecule has 2 aliphatic carbocycles. The monoisotopic (exact) mass is 1070 g/mol. The third kappa shape index (κ3) is 16.6. The van der Waals surface area contributed by atoms with Crippen molar-refractivity contribution in [3.05, 3.63) is 69.8 Å². The smallest absolute Gasteiger partial charge is 0.434 e. The topological polar surface area (TPSA) is 121 Å². The van der Waals surface area contributed by atoms with Crippen LogP contribution in [0.15, 0.2) is 36.4 Å². The maximum absolute atomic E-state index is 13.6. The average Bonchev–Trinajstić information content (AvgIpc) is 3.96. The number of ether oxygens (including phenoxy) is 3. The number of carbonyl (C=O) groups excluding carboxylic acids is 3.